The summed E-state index contributed by atoms with van der Waals surface area (Å²) in [5.41, 5.74) is 3.44. The fourth-order valence-electron chi connectivity index (χ4n) is 3.31. The lowest BCUT2D eigenvalue weighted by atomic mass is 10.1. The third-order valence-corrected chi connectivity index (χ3v) is 5.66. The number of thiophene rings is 1. The number of hydrogen-bond acceptors (Lipinski definition) is 6. The lowest BCUT2D eigenvalue weighted by molar-refractivity contribution is 0.233. The van der Waals surface area contributed by atoms with E-state index in [9.17, 15) is 0 Å². The number of anilines is 1. The van der Waals surface area contributed by atoms with E-state index in [0.29, 0.717) is 5.95 Å². The van der Waals surface area contributed by atoms with Gasteiger partial charge < -0.3 is 10.6 Å². The van der Waals surface area contributed by atoms with E-state index in [1.807, 2.05) is 12.3 Å². The van der Waals surface area contributed by atoms with Gasteiger partial charge in [-0.3, -0.25) is 4.90 Å². The van der Waals surface area contributed by atoms with Crippen molar-refractivity contribution >= 4 is 17.3 Å². The Morgan fingerprint density at radius 3 is 2.89 bits per heavy atom. The Morgan fingerprint density at radius 1 is 1.11 bits per heavy atom. The second-order valence-corrected chi connectivity index (χ2v) is 7.78. The minimum atomic E-state index is 0.691. The summed E-state index contributed by atoms with van der Waals surface area (Å²) < 4.78 is 0. The van der Waals surface area contributed by atoms with Crippen LogP contribution in [0.1, 0.15) is 10.4 Å². The molecule has 140 valence electrons. The number of nitrogens with zero attached hydrogens (tertiary/aromatic N) is 3. The van der Waals surface area contributed by atoms with Crippen LogP contribution in [0.3, 0.4) is 0 Å². The second-order valence-electron chi connectivity index (χ2n) is 6.75. The first-order valence-corrected chi connectivity index (χ1v) is 10.4. The van der Waals surface area contributed by atoms with E-state index < -0.39 is 0 Å². The third kappa shape index (κ3) is 5.13. The SMILES string of the molecule is c1cc(CN2CCNCC2)cc(-c2ccnc(NCCc3cccs3)n2)c1. The molecule has 2 aromatic heterocycles. The van der Waals surface area contributed by atoms with Crippen LogP contribution in [0.15, 0.2) is 54.0 Å². The highest BCUT2D eigenvalue weighted by Crippen LogP contribution is 2.20. The average Bonchev–Trinajstić information content (AvgIpc) is 3.23. The van der Waals surface area contributed by atoms with Crippen LogP contribution in [0.4, 0.5) is 5.95 Å². The molecule has 3 aromatic rings. The van der Waals surface area contributed by atoms with Gasteiger partial charge in [0, 0.05) is 55.9 Å². The van der Waals surface area contributed by atoms with Crippen molar-refractivity contribution in [2.75, 3.05) is 38.0 Å². The number of piperazine rings is 1. The van der Waals surface area contributed by atoms with Crippen molar-refractivity contribution in [2.45, 2.75) is 13.0 Å². The number of nitrogens with one attached hydrogen (secondary N) is 2. The highest BCUT2D eigenvalue weighted by atomic mass is 32.1. The van der Waals surface area contributed by atoms with Gasteiger partial charge in [0.1, 0.15) is 0 Å². The molecule has 0 bridgehead atoms. The van der Waals surface area contributed by atoms with E-state index in [4.69, 9.17) is 4.98 Å². The van der Waals surface area contributed by atoms with Gasteiger partial charge in [-0.1, -0.05) is 24.3 Å². The van der Waals surface area contributed by atoms with Crippen molar-refractivity contribution in [2.24, 2.45) is 0 Å². The molecule has 0 aliphatic carbocycles. The van der Waals surface area contributed by atoms with E-state index in [-0.39, 0.29) is 0 Å². The molecule has 2 N–H and O–H groups in total. The fraction of sp³-hybridized carbons (Fsp3) is 0.333. The first-order chi connectivity index (χ1) is 13.4. The lowest BCUT2D eigenvalue weighted by Gasteiger charge is -2.27. The third-order valence-electron chi connectivity index (χ3n) is 4.73. The molecule has 0 amide bonds. The summed E-state index contributed by atoms with van der Waals surface area (Å²) in [7, 11) is 0. The summed E-state index contributed by atoms with van der Waals surface area (Å²) >= 11 is 1.79. The summed E-state index contributed by atoms with van der Waals surface area (Å²) in [5, 5.41) is 8.86. The maximum Gasteiger partial charge on any atom is 0.223 e. The lowest BCUT2D eigenvalue weighted by Crippen LogP contribution is -2.42. The van der Waals surface area contributed by atoms with Crippen LogP contribution in [-0.4, -0.2) is 47.6 Å². The van der Waals surface area contributed by atoms with Gasteiger partial charge >= 0.3 is 0 Å². The molecular weight excluding hydrogens is 354 g/mol. The highest BCUT2D eigenvalue weighted by molar-refractivity contribution is 7.09. The van der Waals surface area contributed by atoms with Crippen molar-refractivity contribution in [1.29, 1.82) is 0 Å². The van der Waals surface area contributed by atoms with Crippen molar-refractivity contribution in [1.82, 2.24) is 20.2 Å². The highest BCUT2D eigenvalue weighted by Gasteiger charge is 2.10. The largest absolute Gasteiger partial charge is 0.354 e. The minimum Gasteiger partial charge on any atom is -0.354 e. The minimum absolute atomic E-state index is 0.691. The molecule has 6 heteroatoms. The Hall–Kier alpha value is -2.28. The Kier molecular flexibility index (Phi) is 6.09. The Balaban J connectivity index is 1.41. The van der Waals surface area contributed by atoms with Gasteiger partial charge in [-0.25, -0.2) is 9.97 Å². The zero-order chi connectivity index (χ0) is 18.3. The maximum absolute atomic E-state index is 4.71. The molecule has 3 heterocycles. The molecule has 0 unspecified atom stereocenters. The molecule has 1 saturated heterocycles. The van der Waals surface area contributed by atoms with Crippen LogP contribution in [0.25, 0.3) is 11.3 Å². The van der Waals surface area contributed by atoms with Crippen LogP contribution in [0.5, 0.6) is 0 Å². The normalized spacial score (nSPS) is 15.0. The molecule has 1 aliphatic heterocycles. The quantitative estimate of drug-likeness (QED) is 0.660. The van der Waals surface area contributed by atoms with E-state index in [1.165, 1.54) is 10.4 Å². The van der Waals surface area contributed by atoms with Gasteiger partial charge in [0.15, 0.2) is 0 Å². The Bertz CT molecular complexity index is 843. The Morgan fingerprint density at radius 2 is 2.04 bits per heavy atom. The number of aromatic nitrogens is 2. The molecule has 1 aromatic carbocycles. The number of benzene rings is 1. The predicted octanol–water partition coefficient (Wildman–Crippen LogP) is 3.26. The molecule has 1 aliphatic rings. The van der Waals surface area contributed by atoms with Gasteiger partial charge in [-0.2, -0.15) is 0 Å². The molecule has 0 saturated carbocycles. The average molecular weight is 380 g/mol. The van der Waals surface area contributed by atoms with E-state index >= 15 is 0 Å². The number of rotatable bonds is 7. The molecule has 0 radical (unpaired) electrons. The molecular formula is C21H25N5S. The van der Waals surface area contributed by atoms with Gasteiger partial charge in [0.2, 0.25) is 5.95 Å². The maximum atomic E-state index is 4.71. The van der Waals surface area contributed by atoms with Gasteiger partial charge in [0.05, 0.1) is 5.69 Å². The van der Waals surface area contributed by atoms with E-state index in [2.05, 4.69) is 62.3 Å². The molecule has 0 spiro atoms. The van der Waals surface area contributed by atoms with Crippen LogP contribution in [0, 0.1) is 0 Å². The molecule has 4 rings (SSSR count). The fourth-order valence-corrected chi connectivity index (χ4v) is 4.02. The summed E-state index contributed by atoms with van der Waals surface area (Å²) in [4.78, 5) is 12.9. The monoisotopic (exact) mass is 379 g/mol. The van der Waals surface area contributed by atoms with E-state index in [1.54, 1.807) is 11.3 Å². The van der Waals surface area contributed by atoms with Crippen molar-refractivity contribution in [3.8, 4) is 11.3 Å². The van der Waals surface area contributed by atoms with Crippen molar-refractivity contribution in [3.63, 3.8) is 0 Å². The van der Waals surface area contributed by atoms with Crippen LogP contribution in [-0.2, 0) is 13.0 Å². The van der Waals surface area contributed by atoms with Crippen LogP contribution >= 0.6 is 11.3 Å². The molecule has 0 atom stereocenters. The Labute approximate surface area is 164 Å². The zero-order valence-corrected chi connectivity index (χ0v) is 16.2. The summed E-state index contributed by atoms with van der Waals surface area (Å²) in [6.07, 6.45) is 2.82. The standard InChI is InChI=1S/C21H25N5S/c1-3-17(16-26-12-10-22-11-13-26)15-18(4-1)20-7-9-24-21(25-20)23-8-6-19-5-2-14-27-19/h1-5,7,9,14-15,22H,6,8,10-13,16H2,(H,23,24,25). The molecule has 27 heavy (non-hydrogen) atoms. The van der Waals surface area contributed by atoms with Crippen LogP contribution < -0.4 is 10.6 Å². The van der Waals surface area contributed by atoms with Gasteiger partial charge in [0.25, 0.3) is 0 Å². The first-order valence-electron chi connectivity index (χ1n) is 9.48. The predicted molar refractivity (Wildman–Crippen MR) is 112 cm³/mol. The molecule has 1 fully saturated rings. The number of hydrogen-bond donors (Lipinski definition) is 2. The van der Waals surface area contributed by atoms with E-state index in [0.717, 1.165) is 56.9 Å². The van der Waals surface area contributed by atoms with Crippen molar-refractivity contribution in [3.05, 3.63) is 64.5 Å². The van der Waals surface area contributed by atoms with Gasteiger partial charge in [-0.05, 0) is 35.6 Å². The smallest absolute Gasteiger partial charge is 0.223 e. The topological polar surface area (TPSA) is 53.1 Å². The van der Waals surface area contributed by atoms with Crippen LogP contribution in [0.2, 0.25) is 0 Å². The first kappa shape index (κ1) is 18.1. The zero-order valence-electron chi connectivity index (χ0n) is 15.4. The summed E-state index contributed by atoms with van der Waals surface area (Å²) in [5.74, 6) is 0.691. The van der Waals surface area contributed by atoms with Crippen molar-refractivity contribution < 1.29 is 0 Å². The second kappa shape index (κ2) is 9.08. The van der Waals surface area contributed by atoms with Gasteiger partial charge in [-0.15, -0.1) is 11.3 Å². The molecule has 5 nitrogen and oxygen atoms in total. The summed E-state index contributed by atoms with van der Waals surface area (Å²) in [6, 6.07) is 14.9. The summed E-state index contributed by atoms with van der Waals surface area (Å²) in [6.45, 7) is 6.20.